The van der Waals surface area contributed by atoms with Crippen LogP contribution in [0.3, 0.4) is 0 Å². The molecule has 0 saturated heterocycles. The lowest BCUT2D eigenvalue weighted by Crippen LogP contribution is -2.16. The highest BCUT2D eigenvalue weighted by atomic mass is 35.5. The number of pyridine rings is 1. The van der Waals surface area contributed by atoms with Crippen molar-refractivity contribution in [3.63, 3.8) is 0 Å². The summed E-state index contributed by atoms with van der Waals surface area (Å²) in [5.41, 5.74) is 1.98. The Kier molecular flexibility index (Phi) is 5.95. The molecule has 8 heteroatoms. The van der Waals surface area contributed by atoms with Gasteiger partial charge in [-0.3, -0.25) is 9.54 Å². The molecule has 1 atom stereocenters. The van der Waals surface area contributed by atoms with Crippen molar-refractivity contribution in [3.8, 4) is 22.8 Å². The van der Waals surface area contributed by atoms with E-state index in [1.165, 1.54) is 12.1 Å². The highest BCUT2D eigenvalue weighted by Gasteiger charge is 2.06. The second kappa shape index (κ2) is 8.37. The molecule has 0 fully saturated rings. The van der Waals surface area contributed by atoms with Crippen molar-refractivity contribution in [1.29, 1.82) is 0 Å². The maximum Gasteiger partial charge on any atom is 0.232 e. The Morgan fingerprint density at radius 2 is 1.69 bits per heavy atom. The van der Waals surface area contributed by atoms with Crippen LogP contribution in [-0.4, -0.2) is 13.7 Å². The van der Waals surface area contributed by atoms with E-state index in [1.807, 2.05) is 12.1 Å². The van der Waals surface area contributed by atoms with Gasteiger partial charge in [-0.15, -0.1) is 0 Å². The van der Waals surface area contributed by atoms with Crippen LogP contribution in [0.1, 0.15) is 5.69 Å². The fraction of sp³-hybridized carbons (Fsp3) is 0.0556. The summed E-state index contributed by atoms with van der Waals surface area (Å²) < 4.78 is 40.5. The number of nitrogens with zero attached hydrogens (tertiary/aromatic N) is 1. The minimum atomic E-state index is -2.12. The molecule has 0 saturated carbocycles. The number of nitrogens with one attached hydrogen (secondary N) is 1. The fourth-order valence-electron chi connectivity index (χ4n) is 2.26. The second-order valence-corrected chi connectivity index (χ2v) is 6.54. The van der Waals surface area contributed by atoms with Gasteiger partial charge in [-0.2, -0.15) is 0 Å². The van der Waals surface area contributed by atoms with Crippen LogP contribution in [0.5, 0.6) is 11.5 Å². The molecular weight excluding hydrogens is 379 g/mol. The van der Waals surface area contributed by atoms with E-state index in [-0.39, 0.29) is 12.4 Å². The Morgan fingerprint density at radius 3 is 2.31 bits per heavy atom. The lowest BCUT2D eigenvalue weighted by Gasteiger charge is -2.08. The minimum absolute atomic E-state index is 0.114. The van der Waals surface area contributed by atoms with Crippen molar-refractivity contribution < 1.29 is 17.9 Å². The predicted molar refractivity (Wildman–Crippen MR) is 98.8 cm³/mol. The summed E-state index contributed by atoms with van der Waals surface area (Å²) in [6.45, 7) is 0.114. The monoisotopic (exact) mass is 392 g/mol. The average Bonchev–Trinajstić information content (AvgIpc) is 2.62. The molecule has 134 valence electrons. The van der Waals surface area contributed by atoms with E-state index in [9.17, 15) is 8.60 Å². The van der Waals surface area contributed by atoms with E-state index in [4.69, 9.17) is 20.9 Å². The number of rotatable bonds is 6. The van der Waals surface area contributed by atoms with Gasteiger partial charge in [0.15, 0.2) is 0 Å². The Bertz CT molecular complexity index is 921. The zero-order valence-electron chi connectivity index (χ0n) is 13.4. The van der Waals surface area contributed by atoms with Crippen LogP contribution >= 0.6 is 11.6 Å². The standard InChI is InChI=1S/C18H14ClFN2O3S/c19-13-9-15(11-21-26(23)24)22-18(10-13)12-1-5-16(6-2-12)25-17-7-3-14(20)4-8-17/h1-10,21H,11H2,(H,23,24). The van der Waals surface area contributed by atoms with Crippen molar-refractivity contribution in [3.05, 3.63) is 77.2 Å². The van der Waals surface area contributed by atoms with Crippen LogP contribution in [0, 0.1) is 5.82 Å². The highest BCUT2D eigenvalue weighted by Crippen LogP contribution is 2.27. The average molecular weight is 393 g/mol. The molecule has 1 unspecified atom stereocenters. The lowest BCUT2D eigenvalue weighted by atomic mass is 10.1. The number of halogens is 2. The van der Waals surface area contributed by atoms with Crippen LogP contribution in [0.25, 0.3) is 11.3 Å². The second-order valence-electron chi connectivity index (χ2n) is 5.31. The van der Waals surface area contributed by atoms with Gasteiger partial charge in [0, 0.05) is 10.6 Å². The molecule has 3 aromatic rings. The fourth-order valence-corrected chi connectivity index (χ4v) is 2.76. The number of benzene rings is 2. The molecule has 0 aliphatic rings. The van der Waals surface area contributed by atoms with Gasteiger partial charge in [0.1, 0.15) is 17.3 Å². The van der Waals surface area contributed by atoms with Crippen molar-refractivity contribution in [2.45, 2.75) is 6.54 Å². The molecule has 2 N–H and O–H groups in total. The molecule has 0 aliphatic carbocycles. The quantitative estimate of drug-likeness (QED) is 0.603. The normalized spacial score (nSPS) is 12.0. The number of hydrogen-bond donors (Lipinski definition) is 2. The predicted octanol–water partition coefficient (Wildman–Crippen LogP) is 4.56. The SMILES string of the molecule is O=S(O)NCc1cc(Cl)cc(-c2ccc(Oc3ccc(F)cc3)cc2)n1. The Morgan fingerprint density at radius 1 is 1.08 bits per heavy atom. The summed E-state index contributed by atoms with van der Waals surface area (Å²) >= 11 is 3.98. The van der Waals surface area contributed by atoms with Crippen molar-refractivity contribution >= 4 is 22.9 Å². The maximum atomic E-state index is 12.9. The van der Waals surface area contributed by atoms with Crippen LogP contribution in [0.4, 0.5) is 4.39 Å². The van der Waals surface area contributed by atoms with E-state index < -0.39 is 11.3 Å². The summed E-state index contributed by atoms with van der Waals surface area (Å²) in [6, 6.07) is 16.2. The van der Waals surface area contributed by atoms with Crippen molar-refractivity contribution in [1.82, 2.24) is 9.71 Å². The molecule has 1 heterocycles. The summed E-state index contributed by atoms with van der Waals surface area (Å²) in [4.78, 5) is 4.42. The van der Waals surface area contributed by atoms with E-state index >= 15 is 0 Å². The lowest BCUT2D eigenvalue weighted by molar-refractivity contribution is 0.480. The van der Waals surface area contributed by atoms with Gasteiger partial charge in [-0.1, -0.05) is 11.6 Å². The minimum Gasteiger partial charge on any atom is -0.457 e. The molecule has 26 heavy (non-hydrogen) atoms. The zero-order valence-corrected chi connectivity index (χ0v) is 14.9. The van der Waals surface area contributed by atoms with Crippen molar-refractivity contribution in [2.24, 2.45) is 0 Å². The van der Waals surface area contributed by atoms with E-state index in [0.717, 1.165) is 5.56 Å². The highest BCUT2D eigenvalue weighted by molar-refractivity contribution is 7.77. The Hall–Kier alpha value is -2.32. The van der Waals surface area contributed by atoms with Crippen LogP contribution in [-0.2, 0) is 17.8 Å². The first-order chi connectivity index (χ1) is 12.5. The third-order valence-corrected chi connectivity index (χ3v) is 4.03. The van der Waals surface area contributed by atoms with Gasteiger partial charge in [0.25, 0.3) is 0 Å². The first-order valence-electron chi connectivity index (χ1n) is 7.54. The summed E-state index contributed by atoms with van der Waals surface area (Å²) in [7, 11) is 0. The van der Waals surface area contributed by atoms with Gasteiger partial charge >= 0.3 is 0 Å². The van der Waals surface area contributed by atoms with Gasteiger partial charge in [-0.25, -0.2) is 13.3 Å². The van der Waals surface area contributed by atoms with E-state index in [1.54, 1.807) is 36.4 Å². The first-order valence-corrected chi connectivity index (χ1v) is 9.03. The van der Waals surface area contributed by atoms with Crippen LogP contribution in [0.15, 0.2) is 60.7 Å². The van der Waals surface area contributed by atoms with Crippen LogP contribution in [0.2, 0.25) is 5.02 Å². The smallest absolute Gasteiger partial charge is 0.232 e. The van der Waals surface area contributed by atoms with Gasteiger partial charge in [0.2, 0.25) is 11.3 Å². The van der Waals surface area contributed by atoms with Crippen molar-refractivity contribution in [2.75, 3.05) is 0 Å². The molecule has 3 rings (SSSR count). The number of hydrogen-bond acceptors (Lipinski definition) is 3. The van der Waals surface area contributed by atoms with Gasteiger partial charge < -0.3 is 4.74 Å². The van der Waals surface area contributed by atoms with E-state index in [2.05, 4.69) is 9.71 Å². The summed E-state index contributed by atoms with van der Waals surface area (Å²) in [6.07, 6.45) is 0. The molecule has 1 aromatic heterocycles. The maximum absolute atomic E-state index is 12.9. The zero-order chi connectivity index (χ0) is 18.5. The molecule has 0 bridgehead atoms. The molecule has 0 amide bonds. The molecule has 5 nitrogen and oxygen atoms in total. The Balaban J connectivity index is 1.77. The largest absolute Gasteiger partial charge is 0.457 e. The number of ether oxygens (including phenoxy) is 1. The van der Waals surface area contributed by atoms with Crippen LogP contribution < -0.4 is 9.46 Å². The third kappa shape index (κ3) is 5.09. The van der Waals surface area contributed by atoms with E-state index in [0.29, 0.717) is 27.9 Å². The summed E-state index contributed by atoms with van der Waals surface area (Å²) in [5, 5.41) is 0.474. The van der Waals surface area contributed by atoms with Gasteiger partial charge in [0.05, 0.1) is 17.9 Å². The summed E-state index contributed by atoms with van der Waals surface area (Å²) in [5.74, 6) is 0.806. The topological polar surface area (TPSA) is 71.5 Å². The molecule has 0 radical (unpaired) electrons. The molecule has 2 aromatic carbocycles. The Labute approximate surface area is 157 Å². The third-order valence-electron chi connectivity index (χ3n) is 3.42. The first kappa shape index (κ1) is 18.5. The molecule has 0 spiro atoms. The number of aromatic nitrogens is 1. The van der Waals surface area contributed by atoms with Gasteiger partial charge in [-0.05, 0) is 60.7 Å². The molecular formula is C18H14ClFN2O3S. The molecule has 0 aliphatic heterocycles.